The molecular weight excluding hydrogens is 262 g/mol. The molecule has 2 aliphatic rings. The first kappa shape index (κ1) is 16.8. The van der Waals surface area contributed by atoms with E-state index in [1.54, 1.807) is 0 Å². The molecule has 0 amide bonds. The fourth-order valence-corrected chi connectivity index (χ4v) is 4.42. The first-order valence-electron chi connectivity index (χ1n) is 8.70. The molecule has 1 N–H and O–H groups in total. The lowest BCUT2D eigenvalue weighted by Gasteiger charge is -2.49. The van der Waals surface area contributed by atoms with Crippen molar-refractivity contribution in [1.29, 1.82) is 0 Å². The maximum atomic E-state index is 11.7. The molecule has 5 atom stereocenters. The van der Waals surface area contributed by atoms with Crippen LogP contribution >= 0.6 is 0 Å². The van der Waals surface area contributed by atoms with Crippen LogP contribution in [-0.2, 0) is 4.79 Å². The number of likely N-dealkylation sites (tertiary alicyclic amines) is 1. The molecule has 0 bridgehead atoms. The Morgan fingerprint density at radius 1 is 1.14 bits per heavy atom. The van der Waals surface area contributed by atoms with E-state index in [1.165, 1.54) is 12.8 Å². The summed E-state index contributed by atoms with van der Waals surface area (Å²) in [5.41, 5.74) is 0.284. The van der Waals surface area contributed by atoms with Gasteiger partial charge >= 0.3 is 5.97 Å². The molecule has 0 aromatic rings. The molecule has 0 aromatic carbocycles. The zero-order chi connectivity index (χ0) is 15.8. The lowest BCUT2D eigenvalue weighted by atomic mass is 9.67. The van der Waals surface area contributed by atoms with Crippen molar-refractivity contribution in [1.82, 2.24) is 4.90 Å². The summed E-state index contributed by atoms with van der Waals surface area (Å²) in [7, 11) is 0. The maximum Gasteiger partial charge on any atom is 0.308 e. The molecule has 3 heteroatoms. The minimum absolute atomic E-state index is 0.170. The van der Waals surface area contributed by atoms with Crippen molar-refractivity contribution < 1.29 is 9.90 Å². The monoisotopic (exact) mass is 295 g/mol. The van der Waals surface area contributed by atoms with Crippen molar-refractivity contribution in [2.75, 3.05) is 6.54 Å². The number of carboxylic acids is 1. The molecule has 0 aromatic heterocycles. The Labute approximate surface area is 130 Å². The number of nitrogens with zero attached hydrogens (tertiary/aromatic N) is 1. The van der Waals surface area contributed by atoms with Gasteiger partial charge in [-0.25, -0.2) is 0 Å². The SMILES string of the molecule is CC1CCCN(C2CC(C(C)(C)C)CCC2C(=O)O)C1C. The van der Waals surface area contributed by atoms with Crippen LogP contribution in [0.3, 0.4) is 0 Å². The van der Waals surface area contributed by atoms with Gasteiger partial charge in [0.2, 0.25) is 0 Å². The van der Waals surface area contributed by atoms with E-state index in [1.807, 2.05) is 0 Å². The van der Waals surface area contributed by atoms with Crippen LogP contribution in [-0.4, -0.2) is 34.6 Å². The average molecular weight is 295 g/mol. The van der Waals surface area contributed by atoms with Gasteiger partial charge in [-0.3, -0.25) is 9.69 Å². The number of hydrogen-bond donors (Lipinski definition) is 1. The van der Waals surface area contributed by atoms with Gasteiger partial charge in [0.25, 0.3) is 0 Å². The molecule has 1 aliphatic carbocycles. The standard InChI is InChI=1S/C18H33NO2/c1-12-7-6-10-19(13(12)2)16-11-14(18(3,4)5)8-9-15(16)17(20)21/h12-16H,6-11H2,1-5H3,(H,20,21). The molecule has 3 nitrogen and oxygen atoms in total. The highest BCUT2D eigenvalue weighted by Crippen LogP contribution is 2.43. The highest BCUT2D eigenvalue weighted by atomic mass is 16.4. The first-order valence-corrected chi connectivity index (χ1v) is 8.70. The van der Waals surface area contributed by atoms with Gasteiger partial charge in [-0.2, -0.15) is 0 Å². The zero-order valence-corrected chi connectivity index (χ0v) is 14.4. The van der Waals surface area contributed by atoms with Crippen LogP contribution in [0.15, 0.2) is 0 Å². The quantitative estimate of drug-likeness (QED) is 0.836. The third-order valence-corrected chi connectivity index (χ3v) is 6.21. The molecule has 1 saturated carbocycles. The first-order chi connectivity index (χ1) is 9.71. The van der Waals surface area contributed by atoms with Crippen LogP contribution in [0.2, 0.25) is 0 Å². The highest BCUT2D eigenvalue weighted by Gasteiger charge is 2.43. The van der Waals surface area contributed by atoms with Gasteiger partial charge in [0, 0.05) is 12.1 Å². The maximum absolute atomic E-state index is 11.7. The topological polar surface area (TPSA) is 40.5 Å². The number of carbonyl (C=O) groups is 1. The Balaban J connectivity index is 2.19. The average Bonchev–Trinajstić information content (AvgIpc) is 2.40. The molecule has 0 spiro atoms. The molecule has 5 unspecified atom stereocenters. The van der Waals surface area contributed by atoms with E-state index in [2.05, 4.69) is 39.5 Å². The smallest absolute Gasteiger partial charge is 0.308 e. The molecule has 21 heavy (non-hydrogen) atoms. The van der Waals surface area contributed by atoms with Gasteiger partial charge in [-0.05, 0) is 62.8 Å². The minimum Gasteiger partial charge on any atom is -0.481 e. The summed E-state index contributed by atoms with van der Waals surface area (Å²) in [6.45, 7) is 12.6. The van der Waals surface area contributed by atoms with Gasteiger partial charge in [-0.1, -0.05) is 27.7 Å². The van der Waals surface area contributed by atoms with Crippen LogP contribution in [0, 0.1) is 23.2 Å². The Kier molecular flexibility index (Phi) is 5.02. The summed E-state index contributed by atoms with van der Waals surface area (Å²) < 4.78 is 0. The van der Waals surface area contributed by atoms with E-state index in [4.69, 9.17) is 0 Å². The highest BCUT2D eigenvalue weighted by molar-refractivity contribution is 5.71. The van der Waals surface area contributed by atoms with E-state index in [-0.39, 0.29) is 17.4 Å². The second kappa shape index (κ2) is 6.28. The fourth-order valence-electron chi connectivity index (χ4n) is 4.42. The number of rotatable bonds is 2. The molecule has 1 saturated heterocycles. The van der Waals surface area contributed by atoms with Crippen LogP contribution in [0.4, 0.5) is 0 Å². The molecule has 1 heterocycles. The van der Waals surface area contributed by atoms with Crippen molar-refractivity contribution >= 4 is 5.97 Å². The third kappa shape index (κ3) is 3.61. The van der Waals surface area contributed by atoms with Gasteiger partial charge in [0.15, 0.2) is 0 Å². The van der Waals surface area contributed by atoms with Crippen LogP contribution in [0.25, 0.3) is 0 Å². The van der Waals surface area contributed by atoms with Gasteiger partial charge in [-0.15, -0.1) is 0 Å². The number of aliphatic carboxylic acids is 1. The molecule has 2 rings (SSSR count). The summed E-state index contributed by atoms with van der Waals surface area (Å²) in [5, 5.41) is 9.65. The Bertz CT molecular complexity index is 374. The molecule has 1 aliphatic heterocycles. The fraction of sp³-hybridized carbons (Fsp3) is 0.944. The number of carboxylic acid groups (broad SMARTS) is 1. The second-order valence-corrected chi connectivity index (χ2v) is 8.49. The van der Waals surface area contributed by atoms with Gasteiger partial charge in [0.1, 0.15) is 0 Å². The van der Waals surface area contributed by atoms with Crippen molar-refractivity contribution in [2.45, 2.75) is 78.8 Å². The Hall–Kier alpha value is -0.570. The molecule has 122 valence electrons. The summed E-state index contributed by atoms with van der Waals surface area (Å²) >= 11 is 0. The van der Waals surface area contributed by atoms with Gasteiger partial charge < -0.3 is 5.11 Å². The number of hydrogen-bond acceptors (Lipinski definition) is 2. The Morgan fingerprint density at radius 2 is 1.81 bits per heavy atom. The van der Waals surface area contributed by atoms with E-state index >= 15 is 0 Å². The second-order valence-electron chi connectivity index (χ2n) is 8.49. The van der Waals surface area contributed by atoms with E-state index < -0.39 is 5.97 Å². The molecule has 2 fully saturated rings. The summed E-state index contributed by atoms with van der Waals surface area (Å²) in [5.74, 6) is 0.569. The predicted molar refractivity (Wildman–Crippen MR) is 86.3 cm³/mol. The lowest BCUT2D eigenvalue weighted by molar-refractivity contribution is -0.148. The summed E-state index contributed by atoms with van der Waals surface area (Å²) in [6.07, 6.45) is 5.46. The van der Waals surface area contributed by atoms with Gasteiger partial charge in [0.05, 0.1) is 5.92 Å². The Morgan fingerprint density at radius 3 is 2.38 bits per heavy atom. The van der Waals surface area contributed by atoms with E-state index in [0.717, 1.165) is 25.8 Å². The normalized spacial score (nSPS) is 39.2. The number of piperidine rings is 1. The van der Waals surface area contributed by atoms with Crippen LogP contribution in [0.1, 0.15) is 66.7 Å². The molecular formula is C18H33NO2. The van der Waals surface area contributed by atoms with Crippen molar-refractivity contribution in [3.63, 3.8) is 0 Å². The summed E-state index contributed by atoms with van der Waals surface area (Å²) in [4.78, 5) is 14.3. The molecule has 0 radical (unpaired) electrons. The lowest BCUT2D eigenvalue weighted by Crippen LogP contribution is -2.55. The van der Waals surface area contributed by atoms with E-state index in [0.29, 0.717) is 17.9 Å². The van der Waals surface area contributed by atoms with Crippen molar-refractivity contribution in [3.05, 3.63) is 0 Å². The van der Waals surface area contributed by atoms with E-state index in [9.17, 15) is 9.90 Å². The minimum atomic E-state index is -0.585. The third-order valence-electron chi connectivity index (χ3n) is 6.21. The zero-order valence-electron chi connectivity index (χ0n) is 14.4. The van der Waals surface area contributed by atoms with Crippen LogP contribution < -0.4 is 0 Å². The largest absolute Gasteiger partial charge is 0.481 e. The predicted octanol–water partition coefficient (Wildman–Crippen LogP) is 4.02. The van der Waals surface area contributed by atoms with Crippen LogP contribution in [0.5, 0.6) is 0 Å². The summed E-state index contributed by atoms with van der Waals surface area (Å²) in [6, 6.07) is 0.752. The van der Waals surface area contributed by atoms with Crippen molar-refractivity contribution in [3.8, 4) is 0 Å². The van der Waals surface area contributed by atoms with Crippen molar-refractivity contribution in [2.24, 2.45) is 23.2 Å².